The van der Waals surface area contributed by atoms with Gasteiger partial charge in [-0.25, -0.2) is 9.59 Å². The van der Waals surface area contributed by atoms with E-state index in [0.717, 1.165) is 5.56 Å². The quantitative estimate of drug-likeness (QED) is 0.778. The minimum Gasteiger partial charge on any atom is -0.478 e. The molecule has 0 fully saturated rings. The Labute approximate surface area is 118 Å². The molecule has 1 rings (SSSR count). The van der Waals surface area contributed by atoms with Crippen LogP contribution >= 0.6 is 0 Å². The summed E-state index contributed by atoms with van der Waals surface area (Å²) in [6, 6.07) is 9.07. The van der Waals surface area contributed by atoms with Gasteiger partial charge in [-0.2, -0.15) is 0 Å². The molecule has 1 atom stereocenters. The lowest BCUT2D eigenvalue weighted by molar-refractivity contribution is -0.147. The second kappa shape index (κ2) is 8.16. The number of carboxylic acid groups (broad SMARTS) is 1. The molecule has 0 spiro atoms. The minimum absolute atomic E-state index is 0.155. The number of carbonyl (C=O) groups excluding carboxylic acids is 1. The van der Waals surface area contributed by atoms with Gasteiger partial charge in [-0.1, -0.05) is 30.3 Å². The first-order valence-corrected chi connectivity index (χ1v) is 6.37. The van der Waals surface area contributed by atoms with Gasteiger partial charge >= 0.3 is 12.1 Å². The molecular formula is C14H20N2O4. The van der Waals surface area contributed by atoms with E-state index in [2.05, 4.69) is 5.32 Å². The standard InChI is InChI=1S/C14H20N2O4/c1-15-8-9-16(2)14(19)20-12(13(17)18)10-11-6-4-3-5-7-11/h3-7,12,15H,8-10H2,1-2H3,(H,17,18)/t12-/m0/s1. The van der Waals surface area contributed by atoms with E-state index in [4.69, 9.17) is 9.84 Å². The maximum absolute atomic E-state index is 11.8. The van der Waals surface area contributed by atoms with Crippen molar-refractivity contribution in [3.63, 3.8) is 0 Å². The summed E-state index contributed by atoms with van der Waals surface area (Å²) in [5.41, 5.74) is 0.811. The second-order valence-corrected chi connectivity index (χ2v) is 4.43. The lowest BCUT2D eigenvalue weighted by Gasteiger charge is -2.20. The van der Waals surface area contributed by atoms with Crippen molar-refractivity contribution in [1.29, 1.82) is 0 Å². The molecule has 0 saturated heterocycles. The fourth-order valence-corrected chi connectivity index (χ4v) is 1.59. The van der Waals surface area contributed by atoms with Crippen LogP contribution in [0, 0.1) is 0 Å². The summed E-state index contributed by atoms with van der Waals surface area (Å²) in [6.07, 6.45) is -1.66. The maximum Gasteiger partial charge on any atom is 0.410 e. The molecule has 0 aliphatic rings. The molecule has 0 saturated carbocycles. The third-order valence-corrected chi connectivity index (χ3v) is 2.79. The third-order valence-electron chi connectivity index (χ3n) is 2.79. The Bertz CT molecular complexity index is 436. The number of hydrogen-bond donors (Lipinski definition) is 2. The minimum atomic E-state index is -1.18. The Hall–Kier alpha value is -2.08. The van der Waals surface area contributed by atoms with Crippen molar-refractivity contribution in [2.45, 2.75) is 12.5 Å². The van der Waals surface area contributed by atoms with Gasteiger partial charge in [0.25, 0.3) is 0 Å². The highest BCUT2D eigenvalue weighted by Gasteiger charge is 2.24. The molecule has 110 valence electrons. The van der Waals surface area contributed by atoms with Crippen molar-refractivity contribution < 1.29 is 19.4 Å². The van der Waals surface area contributed by atoms with E-state index in [1.807, 2.05) is 18.2 Å². The summed E-state index contributed by atoms with van der Waals surface area (Å²) in [5.74, 6) is -1.15. The SMILES string of the molecule is CNCCN(C)C(=O)O[C@@H](Cc1ccccc1)C(=O)O. The van der Waals surface area contributed by atoms with E-state index >= 15 is 0 Å². The van der Waals surface area contributed by atoms with Crippen LogP contribution in [-0.2, 0) is 16.0 Å². The van der Waals surface area contributed by atoms with Crippen molar-refractivity contribution >= 4 is 12.1 Å². The van der Waals surface area contributed by atoms with E-state index < -0.39 is 18.2 Å². The van der Waals surface area contributed by atoms with E-state index in [9.17, 15) is 9.59 Å². The number of carbonyl (C=O) groups is 2. The van der Waals surface area contributed by atoms with E-state index in [-0.39, 0.29) is 6.42 Å². The molecule has 6 heteroatoms. The number of ether oxygens (including phenoxy) is 1. The zero-order chi connectivity index (χ0) is 15.0. The number of carboxylic acids is 1. The zero-order valence-electron chi connectivity index (χ0n) is 11.7. The van der Waals surface area contributed by atoms with Gasteiger partial charge in [0.1, 0.15) is 0 Å². The van der Waals surface area contributed by atoms with Crippen LogP contribution in [0.4, 0.5) is 4.79 Å². The van der Waals surface area contributed by atoms with Gasteiger partial charge in [-0.05, 0) is 12.6 Å². The molecule has 0 aliphatic heterocycles. The number of rotatable bonds is 7. The van der Waals surface area contributed by atoms with Crippen LogP contribution in [0.25, 0.3) is 0 Å². The fraction of sp³-hybridized carbons (Fsp3) is 0.429. The van der Waals surface area contributed by atoms with Gasteiger partial charge in [0.15, 0.2) is 0 Å². The average molecular weight is 280 g/mol. The van der Waals surface area contributed by atoms with Crippen molar-refractivity contribution in [3.8, 4) is 0 Å². The van der Waals surface area contributed by atoms with Crippen LogP contribution in [0.1, 0.15) is 5.56 Å². The molecule has 0 unspecified atom stereocenters. The van der Waals surface area contributed by atoms with Crippen molar-refractivity contribution in [2.24, 2.45) is 0 Å². The Balaban J connectivity index is 2.59. The predicted octanol–water partition coefficient (Wildman–Crippen LogP) is 0.970. The van der Waals surface area contributed by atoms with Crippen LogP contribution in [-0.4, -0.2) is 55.4 Å². The average Bonchev–Trinajstić information content (AvgIpc) is 2.44. The van der Waals surface area contributed by atoms with Crippen LogP contribution < -0.4 is 5.32 Å². The number of likely N-dealkylation sites (N-methyl/N-ethyl adjacent to an activating group) is 2. The molecule has 0 heterocycles. The summed E-state index contributed by atoms with van der Waals surface area (Å²) in [5, 5.41) is 12.0. The molecule has 0 aliphatic carbocycles. The van der Waals surface area contributed by atoms with Crippen molar-refractivity contribution in [3.05, 3.63) is 35.9 Å². The largest absolute Gasteiger partial charge is 0.478 e. The Morgan fingerprint density at radius 1 is 1.35 bits per heavy atom. The van der Waals surface area contributed by atoms with Gasteiger partial charge in [0.05, 0.1) is 0 Å². The van der Waals surface area contributed by atoms with Gasteiger partial charge < -0.3 is 20.1 Å². The topological polar surface area (TPSA) is 78.9 Å². The van der Waals surface area contributed by atoms with E-state index in [1.54, 1.807) is 26.2 Å². The van der Waals surface area contributed by atoms with Crippen LogP contribution in [0.5, 0.6) is 0 Å². The lowest BCUT2D eigenvalue weighted by Crippen LogP contribution is -2.38. The number of nitrogens with zero attached hydrogens (tertiary/aromatic N) is 1. The maximum atomic E-state index is 11.8. The Morgan fingerprint density at radius 3 is 2.55 bits per heavy atom. The van der Waals surface area contributed by atoms with Crippen LogP contribution in [0.2, 0.25) is 0 Å². The third kappa shape index (κ3) is 5.27. The summed E-state index contributed by atoms with van der Waals surface area (Å²) in [7, 11) is 3.34. The van der Waals surface area contributed by atoms with Gasteiger partial charge in [0, 0.05) is 26.6 Å². The summed E-state index contributed by atoms with van der Waals surface area (Å²) >= 11 is 0. The van der Waals surface area contributed by atoms with Crippen molar-refractivity contribution in [1.82, 2.24) is 10.2 Å². The Kier molecular flexibility index (Phi) is 6.52. The lowest BCUT2D eigenvalue weighted by atomic mass is 10.1. The number of benzene rings is 1. The zero-order valence-corrected chi connectivity index (χ0v) is 11.7. The molecule has 1 aromatic rings. The summed E-state index contributed by atoms with van der Waals surface area (Å²) in [4.78, 5) is 24.3. The number of amides is 1. The predicted molar refractivity (Wildman–Crippen MR) is 74.6 cm³/mol. The molecular weight excluding hydrogens is 260 g/mol. The van der Waals surface area contributed by atoms with Crippen LogP contribution in [0.3, 0.4) is 0 Å². The highest BCUT2D eigenvalue weighted by molar-refractivity contribution is 5.77. The highest BCUT2D eigenvalue weighted by atomic mass is 16.6. The molecule has 6 nitrogen and oxygen atoms in total. The van der Waals surface area contributed by atoms with Crippen LogP contribution in [0.15, 0.2) is 30.3 Å². The van der Waals surface area contributed by atoms with Gasteiger partial charge in [-0.3, -0.25) is 0 Å². The number of hydrogen-bond acceptors (Lipinski definition) is 4. The van der Waals surface area contributed by atoms with Gasteiger partial charge in [0.2, 0.25) is 6.10 Å². The molecule has 0 radical (unpaired) electrons. The molecule has 0 aromatic heterocycles. The highest BCUT2D eigenvalue weighted by Crippen LogP contribution is 2.08. The second-order valence-electron chi connectivity index (χ2n) is 4.43. The molecule has 20 heavy (non-hydrogen) atoms. The van der Waals surface area contributed by atoms with Crippen molar-refractivity contribution in [2.75, 3.05) is 27.2 Å². The Morgan fingerprint density at radius 2 is 2.00 bits per heavy atom. The number of nitrogens with one attached hydrogen (secondary N) is 1. The first-order chi connectivity index (χ1) is 9.54. The first kappa shape index (κ1) is 16.0. The number of aliphatic carboxylic acids is 1. The molecule has 1 amide bonds. The molecule has 2 N–H and O–H groups in total. The summed E-state index contributed by atoms with van der Waals surface area (Å²) < 4.78 is 5.03. The summed E-state index contributed by atoms with van der Waals surface area (Å²) in [6.45, 7) is 1.06. The fourth-order valence-electron chi connectivity index (χ4n) is 1.59. The van der Waals surface area contributed by atoms with Gasteiger partial charge in [-0.15, -0.1) is 0 Å². The normalized spacial score (nSPS) is 11.7. The van der Waals surface area contributed by atoms with E-state index in [1.165, 1.54) is 4.90 Å². The first-order valence-electron chi connectivity index (χ1n) is 6.37. The van der Waals surface area contributed by atoms with E-state index in [0.29, 0.717) is 13.1 Å². The molecule has 0 bridgehead atoms. The molecule has 1 aromatic carbocycles. The smallest absolute Gasteiger partial charge is 0.410 e. The monoisotopic (exact) mass is 280 g/mol.